The number of hydrogen-bond donors (Lipinski definition) is 1. The molecule has 1 aromatic heterocycles. The molecule has 0 spiro atoms. The zero-order valence-corrected chi connectivity index (χ0v) is 13.5. The number of aromatic nitrogens is 1. The number of pyridine rings is 1. The predicted octanol–water partition coefficient (Wildman–Crippen LogP) is 1.09. The third kappa shape index (κ3) is 5.65. The van der Waals surface area contributed by atoms with Gasteiger partial charge in [-0.3, -0.25) is 14.7 Å². The lowest BCUT2D eigenvalue weighted by molar-refractivity contribution is -0.130. The van der Waals surface area contributed by atoms with Gasteiger partial charge in [-0.15, -0.1) is 11.8 Å². The Morgan fingerprint density at radius 1 is 1.29 bits per heavy atom. The molecule has 2 rings (SSSR count). The Balaban J connectivity index is 1.73. The molecule has 6 heteroatoms. The standard InChI is InChI=1S/C15H23N3O2S/c1-15(2,20)12-17-7-9-18(10-8-17)14(19)11-21-13-3-5-16-6-4-13/h3-6,20H,7-12H2,1-2H3. The van der Waals surface area contributed by atoms with Gasteiger partial charge in [0.1, 0.15) is 0 Å². The quantitative estimate of drug-likeness (QED) is 0.825. The molecule has 1 N–H and O–H groups in total. The summed E-state index contributed by atoms with van der Waals surface area (Å²) >= 11 is 1.55. The Morgan fingerprint density at radius 3 is 2.48 bits per heavy atom. The van der Waals surface area contributed by atoms with E-state index >= 15 is 0 Å². The van der Waals surface area contributed by atoms with E-state index in [0.717, 1.165) is 31.1 Å². The molecule has 1 aliphatic heterocycles. The van der Waals surface area contributed by atoms with Crippen molar-refractivity contribution in [2.45, 2.75) is 24.3 Å². The van der Waals surface area contributed by atoms with Crippen LogP contribution >= 0.6 is 11.8 Å². The molecule has 5 nitrogen and oxygen atoms in total. The minimum absolute atomic E-state index is 0.180. The average Bonchev–Trinajstić information content (AvgIpc) is 2.45. The van der Waals surface area contributed by atoms with Crippen molar-refractivity contribution < 1.29 is 9.90 Å². The van der Waals surface area contributed by atoms with Crippen LogP contribution < -0.4 is 0 Å². The first-order valence-electron chi connectivity index (χ1n) is 7.19. The summed E-state index contributed by atoms with van der Waals surface area (Å²) in [5.74, 6) is 0.648. The Kier molecular flexibility index (Phi) is 5.61. The molecular formula is C15H23N3O2S. The van der Waals surface area contributed by atoms with Crippen molar-refractivity contribution in [2.75, 3.05) is 38.5 Å². The molecule has 0 unspecified atom stereocenters. The normalized spacial score (nSPS) is 17.0. The zero-order valence-electron chi connectivity index (χ0n) is 12.7. The summed E-state index contributed by atoms with van der Waals surface area (Å²) in [6.45, 7) is 7.43. The van der Waals surface area contributed by atoms with Crippen molar-refractivity contribution in [3.8, 4) is 0 Å². The maximum Gasteiger partial charge on any atom is 0.233 e. The summed E-state index contributed by atoms with van der Waals surface area (Å²) in [5, 5.41) is 9.82. The molecule has 0 aromatic carbocycles. The minimum Gasteiger partial charge on any atom is -0.389 e. The second-order valence-electron chi connectivity index (χ2n) is 5.94. The van der Waals surface area contributed by atoms with Crippen LogP contribution in [0.25, 0.3) is 0 Å². The first kappa shape index (κ1) is 16.3. The van der Waals surface area contributed by atoms with Gasteiger partial charge in [0.25, 0.3) is 0 Å². The molecule has 116 valence electrons. The van der Waals surface area contributed by atoms with Gasteiger partial charge >= 0.3 is 0 Å². The van der Waals surface area contributed by atoms with E-state index in [0.29, 0.717) is 12.3 Å². The molecular weight excluding hydrogens is 286 g/mol. The van der Waals surface area contributed by atoms with E-state index in [-0.39, 0.29) is 5.91 Å². The van der Waals surface area contributed by atoms with Crippen LogP contribution in [0.15, 0.2) is 29.4 Å². The fourth-order valence-corrected chi connectivity index (χ4v) is 3.16. The lowest BCUT2D eigenvalue weighted by atomic mass is 10.1. The van der Waals surface area contributed by atoms with Crippen LogP contribution in [0.2, 0.25) is 0 Å². The van der Waals surface area contributed by atoms with Crippen LogP contribution in [-0.4, -0.2) is 69.9 Å². The highest BCUT2D eigenvalue weighted by Crippen LogP contribution is 2.17. The predicted molar refractivity (Wildman–Crippen MR) is 84.3 cm³/mol. The maximum atomic E-state index is 12.2. The highest BCUT2D eigenvalue weighted by Gasteiger charge is 2.24. The number of nitrogens with zero attached hydrogens (tertiary/aromatic N) is 3. The maximum absolute atomic E-state index is 12.2. The highest BCUT2D eigenvalue weighted by atomic mass is 32.2. The molecule has 2 heterocycles. The van der Waals surface area contributed by atoms with E-state index in [9.17, 15) is 9.90 Å². The van der Waals surface area contributed by atoms with Gasteiger partial charge in [-0.1, -0.05) is 0 Å². The number of rotatable bonds is 5. The number of piperazine rings is 1. The van der Waals surface area contributed by atoms with E-state index in [1.807, 2.05) is 30.9 Å². The molecule has 1 amide bonds. The lowest BCUT2D eigenvalue weighted by Gasteiger charge is -2.37. The van der Waals surface area contributed by atoms with Crippen molar-refractivity contribution in [1.82, 2.24) is 14.8 Å². The van der Waals surface area contributed by atoms with Gasteiger partial charge < -0.3 is 10.0 Å². The van der Waals surface area contributed by atoms with Crippen molar-refractivity contribution in [3.05, 3.63) is 24.5 Å². The lowest BCUT2D eigenvalue weighted by Crippen LogP contribution is -2.52. The average molecular weight is 309 g/mol. The Bertz CT molecular complexity index is 454. The van der Waals surface area contributed by atoms with Gasteiger partial charge in [-0.05, 0) is 26.0 Å². The minimum atomic E-state index is -0.677. The molecule has 0 aliphatic carbocycles. The number of amides is 1. The van der Waals surface area contributed by atoms with Crippen molar-refractivity contribution in [2.24, 2.45) is 0 Å². The Morgan fingerprint density at radius 2 is 1.90 bits per heavy atom. The van der Waals surface area contributed by atoms with E-state index in [1.165, 1.54) is 0 Å². The zero-order chi connectivity index (χ0) is 15.3. The first-order valence-corrected chi connectivity index (χ1v) is 8.18. The van der Waals surface area contributed by atoms with Crippen LogP contribution in [0.4, 0.5) is 0 Å². The van der Waals surface area contributed by atoms with Gasteiger partial charge in [-0.2, -0.15) is 0 Å². The monoisotopic (exact) mass is 309 g/mol. The Hall–Kier alpha value is -1.11. The van der Waals surface area contributed by atoms with Gasteiger partial charge in [-0.25, -0.2) is 0 Å². The molecule has 1 saturated heterocycles. The third-order valence-corrected chi connectivity index (χ3v) is 4.34. The van der Waals surface area contributed by atoms with Crippen LogP contribution in [0.1, 0.15) is 13.8 Å². The van der Waals surface area contributed by atoms with E-state index < -0.39 is 5.60 Å². The summed E-state index contributed by atoms with van der Waals surface area (Å²) in [6.07, 6.45) is 3.48. The van der Waals surface area contributed by atoms with Crippen LogP contribution in [0.5, 0.6) is 0 Å². The second-order valence-corrected chi connectivity index (χ2v) is 6.99. The number of aliphatic hydroxyl groups is 1. The molecule has 0 radical (unpaired) electrons. The largest absolute Gasteiger partial charge is 0.389 e. The van der Waals surface area contributed by atoms with Crippen LogP contribution in [-0.2, 0) is 4.79 Å². The highest BCUT2D eigenvalue weighted by molar-refractivity contribution is 8.00. The van der Waals surface area contributed by atoms with E-state index in [2.05, 4.69) is 9.88 Å². The Labute approximate surface area is 130 Å². The summed E-state index contributed by atoms with van der Waals surface area (Å²) in [5.41, 5.74) is -0.677. The molecule has 0 atom stereocenters. The third-order valence-electron chi connectivity index (χ3n) is 3.35. The number of β-amino-alcohol motifs (C(OH)–C–C–N with tert-alkyl or cyclic N) is 1. The van der Waals surface area contributed by atoms with Gasteiger partial charge in [0, 0.05) is 50.0 Å². The smallest absolute Gasteiger partial charge is 0.233 e. The first-order chi connectivity index (χ1) is 9.94. The fraction of sp³-hybridized carbons (Fsp3) is 0.600. The van der Waals surface area contributed by atoms with Crippen LogP contribution in [0.3, 0.4) is 0 Å². The van der Waals surface area contributed by atoms with Gasteiger partial charge in [0.15, 0.2) is 0 Å². The topological polar surface area (TPSA) is 56.7 Å². The fourth-order valence-electron chi connectivity index (χ4n) is 2.37. The number of carbonyl (C=O) groups excluding carboxylic acids is 1. The molecule has 1 fully saturated rings. The van der Waals surface area contributed by atoms with E-state index in [4.69, 9.17) is 0 Å². The molecule has 0 saturated carbocycles. The number of carbonyl (C=O) groups is 1. The SMILES string of the molecule is CC(C)(O)CN1CCN(C(=O)CSc2ccncc2)CC1. The number of thioether (sulfide) groups is 1. The summed E-state index contributed by atoms with van der Waals surface area (Å²) in [6, 6.07) is 3.83. The summed E-state index contributed by atoms with van der Waals surface area (Å²) < 4.78 is 0. The molecule has 21 heavy (non-hydrogen) atoms. The van der Waals surface area contributed by atoms with Crippen molar-refractivity contribution in [3.63, 3.8) is 0 Å². The summed E-state index contributed by atoms with van der Waals surface area (Å²) in [7, 11) is 0. The molecule has 1 aliphatic rings. The molecule has 1 aromatic rings. The molecule has 0 bridgehead atoms. The van der Waals surface area contributed by atoms with Crippen molar-refractivity contribution in [1.29, 1.82) is 0 Å². The van der Waals surface area contributed by atoms with Gasteiger partial charge in [0.2, 0.25) is 5.91 Å². The second kappa shape index (κ2) is 7.24. The van der Waals surface area contributed by atoms with Crippen LogP contribution in [0, 0.1) is 0 Å². The van der Waals surface area contributed by atoms with Gasteiger partial charge in [0.05, 0.1) is 11.4 Å². The summed E-state index contributed by atoms with van der Waals surface area (Å²) in [4.78, 5) is 21.3. The van der Waals surface area contributed by atoms with E-state index in [1.54, 1.807) is 24.2 Å². The number of hydrogen-bond acceptors (Lipinski definition) is 5. The van der Waals surface area contributed by atoms with Crippen molar-refractivity contribution >= 4 is 17.7 Å².